The molecular formula is C17H16O5. The highest BCUT2D eigenvalue weighted by molar-refractivity contribution is 6.09. The molecule has 0 amide bonds. The number of allylic oxidation sites excluding steroid dienone is 1. The fourth-order valence-electron chi connectivity index (χ4n) is 1.83. The third kappa shape index (κ3) is 3.86. The van der Waals surface area contributed by atoms with Crippen LogP contribution in [0.3, 0.4) is 0 Å². The fourth-order valence-corrected chi connectivity index (χ4v) is 1.83. The van der Waals surface area contributed by atoms with E-state index in [1.54, 1.807) is 30.3 Å². The lowest BCUT2D eigenvalue weighted by Gasteiger charge is -2.07. The Morgan fingerprint density at radius 1 is 1.18 bits per heavy atom. The number of hydrogen-bond donors (Lipinski definition) is 2. The van der Waals surface area contributed by atoms with Crippen molar-refractivity contribution in [3.8, 4) is 11.5 Å². The molecular weight excluding hydrogens is 284 g/mol. The van der Waals surface area contributed by atoms with Crippen molar-refractivity contribution in [3.05, 3.63) is 65.7 Å². The zero-order valence-electron chi connectivity index (χ0n) is 12.0. The van der Waals surface area contributed by atoms with Gasteiger partial charge in [-0.05, 0) is 12.1 Å². The van der Waals surface area contributed by atoms with Gasteiger partial charge in [-0.15, -0.1) is 0 Å². The molecule has 0 spiro atoms. The molecule has 5 nitrogen and oxygen atoms in total. The monoisotopic (exact) mass is 300 g/mol. The number of aliphatic hydroxyl groups is 1. The van der Waals surface area contributed by atoms with Gasteiger partial charge in [-0.1, -0.05) is 30.3 Å². The summed E-state index contributed by atoms with van der Waals surface area (Å²) in [4.78, 5) is 12.1. The summed E-state index contributed by atoms with van der Waals surface area (Å²) >= 11 is 0. The highest BCUT2D eigenvalue weighted by atomic mass is 16.7. The number of methoxy groups -OCH3 is 1. The molecule has 2 N–H and O–H groups in total. The number of rotatable bonds is 6. The van der Waals surface area contributed by atoms with Gasteiger partial charge in [0, 0.05) is 24.8 Å². The summed E-state index contributed by atoms with van der Waals surface area (Å²) in [5.74, 6) is -0.510. The normalized spacial score (nSPS) is 11.2. The van der Waals surface area contributed by atoms with E-state index >= 15 is 0 Å². The van der Waals surface area contributed by atoms with Crippen molar-refractivity contribution in [3.63, 3.8) is 0 Å². The number of phenols is 1. The largest absolute Gasteiger partial charge is 0.507 e. The Morgan fingerprint density at radius 2 is 1.91 bits per heavy atom. The van der Waals surface area contributed by atoms with Crippen LogP contribution < -0.4 is 4.74 Å². The number of carbonyl (C=O) groups is 1. The first-order chi connectivity index (χ1) is 10.6. The topological polar surface area (TPSA) is 76.0 Å². The first-order valence-electron chi connectivity index (χ1n) is 6.57. The van der Waals surface area contributed by atoms with Crippen molar-refractivity contribution in [2.75, 3.05) is 13.9 Å². The van der Waals surface area contributed by atoms with Crippen LogP contribution in [-0.2, 0) is 4.74 Å². The summed E-state index contributed by atoms with van der Waals surface area (Å²) in [6.45, 7) is 0.0431. The van der Waals surface area contributed by atoms with Gasteiger partial charge in [0.2, 0.25) is 0 Å². The van der Waals surface area contributed by atoms with Crippen LogP contribution in [0.25, 0.3) is 5.76 Å². The zero-order valence-corrected chi connectivity index (χ0v) is 12.0. The van der Waals surface area contributed by atoms with Crippen LogP contribution in [0.1, 0.15) is 15.9 Å². The maximum atomic E-state index is 12.1. The van der Waals surface area contributed by atoms with Crippen molar-refractivity contribution >= 4 is 11.5 Å². The molecule has 0 heterocycles. The van der Waals surface area contributed by atoms with E-state index in [9.17, 15) is 15.0 Å². The maximum Gasteiger partial charge on any atom is 0.193 e. The lowest BCUT2D eigenvalue weighted by atomic mass is 10.1. The van der Waals surface area contributed by atoms with E-state index in [4.69, 9.17) is 9.47 Å². The van der Waals surface area contributed by atoms with E-state index < -0.39 is 5.78 Å². The standard InChI is InChI=1S/C17H16O5/c1-21-11-22-13-7-8-14(16(19)9-13)17(20)10-15(18)12-5-3-2-4-6-12/h2-10,18-19H,11H2,1H3/b15-10-. The van der Waals surface area contributed by atoms with E-state index in [2.05, 4.69) is 0 Å². The molecule has 0 bridgehead atoms. The van der Waals surface area contributed by atoms with E-state index in [0.717, 1.165) is 6.08 Å². The Kier molecular flexibility index (Phi) is 5.16. The lowest BCUT2D eigenvalue weighted by Crippen LogP contribution is -2.01. The van der Waals surface area contributed by atoms with Gasteiger partial charge in [0.1, 0.15) is 17.3 Å². The van der Waals surface area contributed by atoms with Gasteiger partial charge in [0.15, 0.2) is 12.6 Å². The Bertz CT molecular complexity index is 677. The number of ketones is 1. The third-order valence-electron chi connectivity index (χ3n) is 2.92. The number of carbonyl (C=O) groups excluding carboxylic acids is 1. The molecule has 0 aliphatic heterocycles. The number of benzene rings is 2. The first-order valence-corrected chi connectivity index (χ1v) is 6.57. The molecule has 2 rings (SSSR count). The van der Waals surface area contributed by atoms with Crippen LogP contribution in [0.15, 0.2) is 54.6 Å². The summed E-state index contributed by atoms with van der Waals surface area (Å²) in [7, 11) is 1.48. The maximum absolute atomic E-state index is 12.1. The number of ether oxygens (including phenoxy) is 2. The molecule has 0 fully saturated rings. The van der Waals surface area contributed by atoms with Crippen molar-refractivity contribution in [2.24, 2.45) is 0 Å². The average molecular weight is 300 g/mol. The fraction of sp³-hybridized carbons (Fsp3) is 0.118. The molecule has 2 aromatic carbocycles. The minimum Gasteiger partial charge on any atom is -0.507 e. The zero-order chi connectivity index (χ0) is 15.9. The molecule has 0 unspecified atom stereocenters. The molecule has 0 aromatic heterocycles. The summed E-state index contributed by atoms with van der Waals surface area (Å²) in [6.07, 6.45) is 1.07. The van der Waals surface area contributed by atoms with Gasteiger partial charge in [0.25, 0.3) is 0 Å². The second-order valence-electron chi connectivity index (χ2n) is 4.49. The van der Waals surface area contributed by atoms with Crippen LogP contribution in [-0.4, -0.2) is 29.9 Å². The molecule has 5 heteroatoms. The Labute approximate surface area is 128 Å². The van der Waals surface area contributed by atoms with Crippen LogP contribution in [0.5, 0.6) is 11.5 Å². The molecule has 2 aromatic rings. The Balaban J connectivity index is 2.19. The van der Waals surface area contributed by atoms with Crippen LogP contribution in [0.4, 0.5) is 0 Å². The van der Waals surface area contributed by atoms with Crippen molar-refractivity contribution in [1.29, 1.82) is 0 Å². The highest BCUT2D eigenvalue weighted by Gasteiger charge is 2.12. The number of aliphatic hydroxyl groups excluding tert-OH is 1. The molecule has 22 heavy (non-hydrogen) atoms. The summed E-state index contributed by atoms with van der Waals surface area (Å²) in [5.41, 5.74) is 0.600. The van der Waals surface area contributed by atoms with E-state index in [1.165, 1.54) is 19.2 Å². The minimum absolute atomic E-state index is 0.0431. The lowest BCUT2D eigenvalue weighted by molar-refractivity contribution is 0.0510. The van der Waals surface area contributed by atoms with Gasteiger partial charge in [0.05, 0.1) is 5.56 Å². The summed E-state index contributed by atoms with van der Waals surface area (Å²) < 4.78 is 9.91. The summed E-state index contributed by atoms with van der Waals surface area (Å²) in [6, 6.07) is 13.0. The van der Waals surface area contributed by atoms with Gasteiger partial charge in [-0.25, -0.2) is 0 Å². The van der Waals surface area contributed by atoms with Crippen molar-refractivity contribution in [1.82, 2.24) is 0 Å². The second kappa shape index (κ2) is 7.28. The van der Waals surface area contributed by atoms with Gasteiger partial charge >= 0.3 is 0 Å². The van der Waals surface area contributed by atoms with Crippen molar-refractivity contribution in [2.45, 2.75) is 0 Å². The predicted octanol–water partition coefficient (Wildman–Crippen LogP) is 3.16. The SMILES string of the molecule is COCOc1ccc(C(=O)/C=C(\O)c2ccccc2)c(O)c1. The Hall–Kier alpha value is -2.79. The Morgan fingerprint density at radius 3 is 2.55 bits per heavy atom. The van der Waals surface area contributed by atoms with E-state index in [1.807, 2.05) is 6.07 Å². The number of phenolic OH excluding ortho intramolecular Hbond substituents is 1. The van der Waals surface area contributed by atoms with E-state index in [0.29, 0.717) is 11.3 Å². The molecule has 114 valence electrons. The van der Waals surface area contributed by atoms with Crippen LogP contribution in [0, 0.1) is 0 Å². The molecule has 0 radical (unpaired) electrons. The van der Waals surface area contributed by atoms with Crippen LogP contribution in [0.2, 0.25) is 0 Å². The van der Waals surface area contributed by atoms with Crippen molar-refractivity contribution < 1.29 is 24.5 Å². The highest BCUT2D eigenvalue weighted by Crippen LogP contribution is 2.25. The molecule has 0 saturated carbocycles. The predicted molar refractivity (Wildman–Crippen MR) is 82.0 cm³/mol. The van der Waals surface area contributed by atoms with Crippen LogP contribution >= 0.6 is 0 Å². The summed E-state index contributed by atoms with van der Waals surface area (Å²) in [5, 5.41) is 19.8. The van der Waals surface area contributed by atoms with Gasteiger partial charge in [-0.2, -0.15) is 0 Å². The second-order valence-corrected chi connectivity index (χ2v) is 4.49. The number of aromatic hydroxyl groups is 1. The smallest absolute Gasteiger partial charge is 0.193 e. The van der Waals surface area contributed by atoms with Gasteiger partial charge in [-0.3, -0.25) is 4.79 Å². The molecule has 0 atom stereocenters. The molecule has 0 saturated heterocycles. The quantitative estimate of drug-likeness (QED) is 0.371. The average Bonchev–Trinajstić information content (AvgIpc) is 2.53. The first kappa shape index (κ1) is 15.6. The molecule has 0 aliphatic carbocycles. The van der Waals surface area contributed by atoms with Gasteiger partial charge < -0.3 is 19.7 Å². The minimum atomic E-state index is -0.503. The third-order valence-corrected chi connectivity index (χ3v) is 2.92. The number of hydrogen-bond acceptors (Lipinski definition) is 5. The molecule has 0 aliphatic rings. The van der Waals surface area contributed by atoms with E-state index in [-0.39, 0.29) is 23.9 Å².